The Balaban J connectivity index is 2.40. The van der Waals surface area contributed by atoms with Crippen LogP contribution in [0.5, 0.6) is 0 Å². The van der Waals surface area contributed by atoms with E-state index in [4.69, 9.17) is 17.3 Å². The van der Waals surface area contributed by atoms with Crippen LogP contribution in [-0.2, 0) is 16.6 Å². The first-order valence-corrected chi connectivity index (χ1v) is 7.01. The first kappa shape index (κ1) is 13.8. The summed E-state index contributed by atoms with van der Waals surface area (Å²) in [6.07, 6.45) is 1.29. The Morgan fingerprint density at radius 1 is 1.47 bits per heavy atom. The van der Waals surface area contributed by atoms with Crippen LogP contribution in [0.2, 0.25) is 5.02 Å². The lowest BCUT2D eigenvalue weighted by molar-refractivity contribution is 0.593. The minimum absolute atomic E-state index is 0.00916. The first-order valence-electron chi connectivity index (χ1n) is 5.15. The number of rotatable bonds is 4. The van der Waals surface area contributed by atoms with Crippen molar-refractivity contribution in [3.05, 3.63) is 40.8 Å². The van der Waals surface area contributed by atoms with Crippen molar-refractivity contribution in [2.45, 2.75) is 11.6 Å². The van der Waals surface area contributed by atoms with E-state index in [2.05, 4.69) is 14.9 Å². The summed E-state index contributed by atoms with van der Waals surface area (Å²) >= 11 is 5.58. The summed E-state index contributed by atoms with van der Waals surface area (Å²) in [5.41, 5.74) is 5.45. The van der Waals surface area contributed by atoms with Gasteiger partial charge in [-0.1, -0.05) is 17.7 Å². The Labute approximate surface area is 113 Å². The van der Waals surface area contributed by atoms with Crippen molar-refractivity contribution in [3.8, 4) is 0 Å². The molecule has 19 heavy (non-hydrogen) atoms. The molecule has 0 unspecified atom stereocenters. The lowest BCUT2D eigenvalue weighted by Gasteiger charge is -2.09. The highest BCUT2D eigenvalue weighted by atomic mass is 35.5. The third kappa shape index (κ3) is 2.70. The molecule has 0 aliphatic carbocycles. The number of aromatic nitrogens is 2. The monoisotopic (exact) mass is 304 g/mol. The summed E-state index contributed by atoms with van der Waals surface area (Å²) in [5.74, 6) is -0.846. The maximum Gasteiger partial charge on any atom is 0.279 e. The SMILES string of the molecule is NCc1cn[nH]c1S(=O)(=O)Nc1cccc(Cl)c1F. The quantitative estimate of drug-likeness (QED) is 0.796. The molecule has 0 atom stereocenters. The molecule has 0 aliphatic rings. The van der Waals surface area contributed by atoms with Gasteiger partial charge in [0.05, 0.1) is 16.9 Å². The fourth-order valence-electron chi connectivity index (χ4n) is 1.46. The molecule has 6 nitrogen and oxygen atoms in total. The van der Waals surface area contributed by atoms with E-state index in [0.29, 0.717) is 5.56 Å². The molecule has 1 aromatic carbocycles. The number of nitrogens with two attached hydrogens (primary N) is 1. The van der Waals surface area contributed by atoms with Gasteiger partial charge in [0.2, 0.25) is 0 Å². The molecule has 0 saturated heterocycles. The third-order valence-corrected chi connectivity index (χ3v) is 4.03. The van der Waals surface area contributed by atoms with Crippen molar-refractivity contribution in [1.29, 1.82) is 0 Å². The fraction of sp³-hybridized carbons (Fsp3) is 0.100. The third-order valence-electron chi connectivity index (χ3n) is 2.36. The molecule has 0 spiro atoms. The average molecular weight is 305 g/mol. The van der Waals surface area contributed by atoms with E-state index in [1.807, 2.05) is 0 Å². The van der Waals surface area contributed by atoms with Gasteiger partial charge >= 0.3 is 0 Å². The minimum atomic E-state index is -4.00. The van der Waals surface area contributed by atoms with Crippen molar-refractivity contribution in [2.75, 3.05) is 4.72 Å². The van der Waals surface area contributed by atoms with Gasteiger partial charge in [-0.05, 0) is 12.1 Å². The van der Waals surface area contributed by atoms with Gasteiger partial charge in [-0.3, -0.25) is 9.82 Å². The Morgan fingerprint density at radius 2 is 2.21 bits per heavy atom. The predicted molar refractivity (Wildman–Crippen MR) is 68.7 cm³/mol. The molecule has 102 valence electrons. The highest BCUT2D eigenvalue weighted by Gasteiger charge is 2.22. The first-order chi connectivity index (χ1) is 8.95. The summed E-state index contributed by atoms with van der Waals surface area (Å²) in [6, 6.07) is 4.01. The molecule has 0 bridgehead atoms. The molecular formula is C10H10ClFN4O2S. The van der Waals surface area contributed by atoms with Crippen molar-refractivity contribution in [2.24, 2.45) is 5.73 Å². The number of nitrogens with zero attached hydrogens (tertiary/aromatic N) is 1. The van der Waals surface area contributed by atoms with Crippen molar-refractivity contribution < 1.29 is 12.8 Å². The largest absolute Gasteiger partial charge is 0.326 e. The van der Waals surface area contributed by atoms with Crippen LogP contribution in [-0.4, -0.2) is 18.6 Å². The van der Waals surface area contributed by atoms with Gasteiger partial charge in [0.15, 0.2) is 10.8 Å². The smallest absolute Gasteiger partial charge is 0.279 e. The Hall–Kier alpha value is -1.64. The van der Waals surface area contributed by atoms with Gasteiger partial charge in [-0.25, -0.2) is 4.39 Å². The molecule has 0 saturated carbocycles. The Kier molecular flexibility index (Phi) is 3.74. The second kappa shape index (κ2) is 5.16. The minimum Gasteiger partial charge on any atom is -0.326 e. The van der Waals surface area contributed by atoms with Gasteiger partial charge in [0.25, 0.3) is 10.0 Å². The van der Waals surface area contributed by atoms with Gasteiger partial charge in [-0.15, -0.1) is 0 Å². The maximum atomic E-state index is 13.6. The topological polar surface area (TPSA) is 101 Å². The van der Waals surface area contributed by atoms with Crippen LogP contribution in [0.3, 0.4) is 0 Å². The van der Waals surface area contributed by atoms with E-state index < -0.39 is 15.8 Å². The number of sulfonamides is 1. The molecule has 2 aromatic rings. The fourth-order valence-corrected chi connectivity index (χ4v) is 2.83. The van der Waals surface area contributed by atoms with Crippen LogP contribution in [0, 0.1) is 5.82 Å². The van der Waals surface area contributed by atoms with Crippen molar-refractivity contribution in [1.82, 2.24) is 10.2 Å². The number of benzene rings is 1. The number of nitrogens with one attached hydrogen (secondary N) is 2. The Bertz CT molecular complexity index is 701. The summed E-state index contributed by atoms with van der Waals surface area (Å²) in [4.78, 5) is 0. The summed E-state index contributed by atoms with van der Waals surface area (Å²) in [7, 11) is -4.00. The molecule has 1 aromatic heterocycles. The number of anilines is 1. The van der Waals surface area contributed by atoms with Gasteiger partial charge in [0, 0.05) is 12.1 Å². The van der Waals surface area contributed by atoms with E-state index in [1.165, 1.54) is 24.4 Å². The van der Waals surface area contributed by atoms with Gasteiger partial charge in [-0.2, -0.15) is 13.5 Å². The molecule has 0 radical (unpaired) electrons. The zero-order chi connectivity index (χ0) is 14.0. The number of hydrogen-bond acceptors (Lipinski definition) is 4. The van der Waals surface area contributed by atoms with Crippen molar-refractivity contribution >= 4 is 27.3 Å². The Morgan fingerprint density at radius 3 is 2.89 bits per heavy atom. The lowest BCUT2D eigenvalue weighted by atomic mass is 10.3. The molecule has 1 heterocycles. The average Bonchev–Trinajstić information content (AvgIpc) is 2.84. The van der Waals surface area contributed by atoms with Crippen LogP contribution >= 0.6 is 11.6 Å². The van der Waals surface area contributed by atoms with Crippen LogP contribution < -0.4 is 10.5 Å². The number of H-pyrrole nitrogens is 1. The normalized spacial score (nSPS) is 11.5. The molecule has 2 rings (SSSR count). The standard InChI is InChI=1S/C10H10ClFN4O2S/c11-7-2-1-3-8(9(7)12)16-19(17,18)10-6(4-13)5-14-15-10/h1-3,5,16H,4,13H2,(H,14,15). The number of halogens is 2. The summed E-state index contributed by atoms with van der Waals surface area (Å²) < 4.78 is 39.9. The second-order valence-corrected chi connectivity index (χ2v) is 5.66. The number of aromatic amines is 1. The summed E-state index contributed by atoms with van der Waals surface area (Å²) in [6.45, 7) is -0.00916. The molecule has 0 fully saturated rings. The van der Waals surface area contributed by atoms with Crippen molar-refractivity contribution in [3.63, 3.8) is 0 Å². The van der Waals surface area contributed by atoms with E-state index in [1.54, 1.807) is 0 Å². The van der Waals surface area contributed by atoms with Gasteiger partial charge < -0.3 is 5.73 Å². The van der Waals surface area contributed by atoms with E-state index in [-0.39, 0.29) is 22.3 Å². The highest BCUT2D eigenvalue weighted by molar-refractivity contribution is 7.92. The van der Waals surface area contributed by atoms with Crippen LogP contribution in [0.1, 0.15) is 5.56 Å². The number of hydrogen-bond donors (Lipinski definition) is 3. The maximum absolute atomic E-state index is 13.6. The predicted octanol–water partition coefficient (Wildman–Crippen LogP) is 1.46. The molecule has 9 heteroatoms. The molecule has 4 N–H and O–H groups in total. The zero-order valence-corrected chi connectivity index (χ0v) is 11.1. The lowest BCUT2D eigenvalue weighted by Crippen LogP contribution is -2.17. The second-order valence-electron chi connectivity index (χ2n) is 3.64. The highest BCUT2D eigenvalue weighted by Crippen LogP contribution is 2.24. The van der Waals surface area contributed by atoms with E-state index >= 15 is 0 Å². The summed E-state index contributed by atoms with van der Waals surface area (Å²) in [5, 5.41) is 5.54. The molecular weight excluding hydrogens is 295 g/mol. The van der Waals surface area contributed by atoms with Crippen LogP contribution in [0.4, 0.5) is 10.1 Å². The molecule has 0 amide bonds. The zero-order valence-electron chi connectivity index (χ0n) is 9.52. The molecule has 0 aliphatic heterocycles. The van der Waals surface area contributed by atoms with E-state index in [9.17, 15) is 12.8 Å². The van der Waals surface area contributed by atoms with E-state index in [0.717, 1.165) is 0 Å². The van der Waals surface area contributed by atoms with Crippen LogP contribution in [0.25, 0.3) is 0 Å². The van der Waals surface area contributed by atoms with Gasteiger partial charge in [0.1, 0.15) is 0 Å². The van der Waals surface area contributed by atoms with Crippen LogP contribution in [0.15, 0.2) is 29.4 Å².